The molecule has 0 amide bonds. The summed E-state index contributed by atoms with van der Waals surface area (Å²) in [6.45, 7) is 1.91. The van der Waals surface area contributed by atoms with Crippen molar-refractivity contribution >= 4 is 7.85 Å². The van der Waals surface area contributed by atoms with Gasteiger partial charge in [0.1, 0.15) is 7.85 Å². The lowest BCUT2D eigenvalue weighted by Crippen LogP contribution is -2.12. The first kappa shape index (κ1) is 6.11. The van der Waals surface area contributed by atoms with Crippen molar-refractivity contribution in [2.45, 2.75) is 25.6 Å². The number of rotatable bonds is 0. The zero-order valence-corrected chi connectivity index (χ0v) is 4.87. The van der Waals surface area contributed by atoms with Crippen LogP contribution in [0, 0.1) is 5.92 Å². The smallest absolute Gasteiger partial charge is 0.156 e. The minimum absolute atomic E-state index is 0.199. The van der Waals surface area contributed by atoms with Crippen LogP contribution in [0.4, 0.5) is 0 Å². The van der Waals surface area contributed by atoms with Gasteiger partial charge in [-0.05, 0) is 6.42 Å². The summed E-state index contributed by atoms with van der Waals surface area (Å²) in [7, 11) is 5.33. The molecule has 2 nitrogen and oxygen atoms in total. The molecule has 0 spiro atoms. The zero-order chi connectivity index (χ0) is 6.15. The van der Waals surface area contributed by atoms with E-state index >= 15 is 0 Å². The minimum Gasteiger partial charge on any atom is -0.368 e. The molecule has 1 N–H and O–H groups in total. The summed E-state index contributed by atoms with van der Waals surface area (Å²) >= 11 is 0. The Bertz CT molecular complexity index is 76.5. The first-order valence-electron chi connectivity index (χ1n) is 2.79. The first-order valence-corrected chi connectivity index (χ1v) is 2.79. The maximum absolute atomic E-state index is 8.87. The maximum Gasteiger partial charge on any atom is 0.156 e. The summed E-state index contributed by atoms with van der Waals surface area (Å²) in [5.41, 5.74) is 0. The Morgan fingerprint density at radius 3 is 2.50 bits per heavy atom. The predicted octanol–water partition coefficient (Wildman–Crippen LogP) is -0.144. The lowest BCUT2D eigenvalue weighted by atomic mass is 9.93. The average Bonchev–Trinajstić information content (AvgIpc) is 1.85. The third kappa shape index (κ3) is 1.04. The van der Waals surface area contributed by atoms with Gasteiger partial charge in [-0.2, -0.15) is 0 Å². The molecular weight excluding hydrogens is 103 g/mol. The fourth-order valence-corrected chi connectivity index (χ4v) is 0.852. The molecule has 1 saturated heterocycles. The highest BCUT2D eigenvalue weighted by molar-refractivity contribution is 6.11. The van der Waals surface area contributed by atoms with E-state index in [1.807, 2.05) is 6.92 Å². The van der Waals surface area contributed by atoms with Gasteiger partial charge in [0.25, 0.3) is 0 Å². The second-order valence-electron chi connectivity index (χ2n) is 2.28. The summed E-state index contributed by atoms with van der Waals surface area (Å²) in [5, 5.41) is 8.87. The molecule has 2 radical (unpaired) electrons. The normalized spacial score (nSPS) is 47.5. The van der Waals surface area contributed by atoms with Crippen LogP contribution in [0.3, 0.4) is 0 Å². The molecule has 0 saturated carbocycles. The molecule has 0 bridgehead atoms. The van der Waals surface area contributed by atoms with Crippen molar-refractivity contribution in [2.75, 3.05) is 0 Å². The van der Waals surface area contributed by atoms with Crippen LogP contribution in [-0.2, 0) is 4.74 Å². The van der Waals surface area contributed by atoms with Gasteiger partial charge >= 0.3 is 0 Å². The van der Waals surface area contributed by atoms with E-state index in [9.17, 15) is 0 Å². The van der Waals surface area contributed by atoms with Crippen LogP contribution >= 0.6 is 0 Å². The first-order chi connectivity index (χ1) is 3.70. The van der Waals surface area contributed by atoms with Gasteiger partial charge in [-0.15, -0.1) is 0 Å². The van der Waals surface area contributed by atoms with Crippen molar-refractivity contribution in [3.8, 4) is 0 Å². The average molecular weight is 112 g/mol. The molecule has 44 valence electrons. The van der Waals surface area contributed by atoms with Gasteiger partial charge < -0.3 is 9.84 Å². The van der Waals surface area contributed by atoms with Crippen LogP contribution in [0.15, 0.2) is 0 Å². The summed E-state index contributed by atoms with van der Waals surface area (Å²) in [4.78, 5) is 0. The second-order valence-corrected chi connectivity index (χ2v) is 2.28. The predicted molar refractivity (Wildman–Crippen MR) is 30.4 cm³/mol. The Labute approximate surface area is 50.3 Å². The van der Waals surface area contributed by atoms with E-state index in [0.717, 1.165) is 6.42 Å². The summed E-state index contributed by atoms with van der Waals surface area (Å²) in [5.74, 6) is 0.199. The minimum atomic E-state index is -0.634. The fourth-order valence-electron chi connectivity index (χ4n) is 0.852. The third-order valence-electron chi connectivity index (χ3n) is 1.41. The van der Waals surface area contributed by atoms with Crippen molar-refractivity contribution < 1.29 is 9.84 Å². The van der Waals surface area contributed by atoms with Crippen molar-refractivity contribution in [2.24, 2.45) is 5.92 Å². The van der Waals surface area contributed by atoms with Crippen LogP contribution in [-0.4, -0.2) is 25.2 Å². The van der Waals surface area contributed by atoms with E-state index in [-0.39, 0.29) is 11.9 Å². The van der Waals surface area contributed by atoms with Crippen LogP contribution in [0.25, 0.3) is 0 Å². The third-order valence-corrected chi connectivity index (χ3v) is 1.41. The molecule has 0 aromatic rings. The summed E-state index contributed by atoms with van der Waals surface area (Å²) in [6, 6.07) is -0.250. The standard InChI is InChI=1S/C5H9BO2/c1-3-2-4(6)8-5(3)7/h3-5,7H,2H2,1H3/t3?,4-,5+/m1/s1. The SMILES string of the molecule is [B][C@H]1CC(C)[C@@H](O)O1. The zero-order valence-electron chi connectivity index (χ0n) is 4.87. The van der Waals surface area contributed by atoms with Gasteiger partial charge in [-0.3, -0.25) is 0 Å². The number of ether oxygens (including phenoxy) is 1. The molecule has 8 heavy (non-hydrogen) atoms. The Morgan fingerprint density at radius 1 is 1.75 bits per heavy atom. The molecule has 3 atom stereocenters. The van der Waals surface area contributed by atoms with Crippen LogP contribution in [0.5, 0.6) is 0 Å². The Kier molecular flexibility index (Phi) is 1.58. The van der Waals surface area contributed by atoms with Crippen molar-refractivity contribution in [1.29, 1.82) is 0 Å². The molecule has 1 fully saturated rings. The van der Waals surface area contributed by atoms with Gasteiger partial charge in [0.05, 0.1) is 0 Å². The van der Waals surface area contributed by atoms with E-state index in [4.69, 9.17) is 17.7 Å². The fraction of sp³-hybridized carbons (Fsp3) is 1.00. The quantitative estimate of drug-likeness (QED) is 0.441. The monoisotopic (exact) mass is 112 g/mol. The molecule has 0 aromatic carbocycles. The number of hydrogen-bond acceptors (Lipinski definition) is 2. The van der Waals surface area contributed by atoms with Crippen LogP contribution < -0.4 is 0 Å². The molecule has 0 aromatic heterocycles. The Hall–Kier alpha value is -0.0151. The second kappa shape index (κ2) is 2.07. The van der Waals surface area contributed by atoms with E-state index in [2.05, 4.69) is 0 Å². The molecule has 1 aliphatic rings. The number of hydrogen-bond donors (Lipinski definition) is 1. The van der Waals surface area contributed by atoms with E-state index in [1.54, 1.807) is 0 Å². The van der Waals surface area contributed by atoms with E-state index < -0.39 is 6.29 Å². The number of aliphatic hydroxyl groups is 1. The molecular formula is C5H9BO2. The van der Waals surface area contributed by atoms with Gasteiger partial charge in [-0.1, -0.05) is 6.92 Å². The van der Waals surface area contributed by atoms with Gasteiger partial charge in [0.15, 0.2) is 6.29 Å². The van der Waals surface area contributed by atoms with Gasteiger partial charge in [0, 0.05) is 11.9 Å². The molecule has 1 unspecified atom stereocenters. The molecule has 1 heterocycles. The lowest BCUT2D eigenvalue weighted by Gasteiger charge is -2.04. The van der Waals surface area contributed by atoms with Crippen LogP contribution in [0.2, 0.25) is 0 Å². The van der Waals surface area contributed by atoms with Crippen molar-refractivity contribution in [3.05, 3.63) is 0 Å². The van der Waals surface area contributed by atoms with E-state index in [1.165, 1.54) is 0 Å². The Morgan fingerprint density at radius 2 is 2.38 bits per heavy atom. The maximum atomic E-state index is 8.87. The molecule has 1 aliphatic heterocycles. The summed E-state index contributed by atoms with van der Waals surface area (Å²) < 4.78 is 4.81. The highest BCUT2D eigenvalue weighted by Gasteiger charge is 2.26. The van der Waals surface area contributed by atoms with Gasteiger partial charge in [-0.25, -0.2) is 0 Å². The van der Waals surface area contributed by atoms with E-state index in [0.29, 0.717) is 0 Å². The van der Waals surface area contributed by atoms with Crippen molar-refractivity contribution in [1.82, 2.24) is 0 Å². The Balaban J connectivity index is 2.39. The van der Waals surface area contributed by atoms with Crippen molar-refractivity contribution in [3.63, 3.8) is 0 Å². The molecule has 0 aliphatic carbocycles. The topological polar surface area (TPSA) is 29.5 Å². The highest BCUT2D eigenvalue weighted by Crippen LogP contribution is 2.21. The summed E-state index contributed by atoms with van der Waals surface area (Å²) in [6.07, 6.45) is 0.131. The lowest BCUT2D eigenvalue weighted by molar-refractivity contribution is -0.0878. The van der Waals surface area contributed by atoms with Gasteiger partial charge in [0.2, 0.25) is 0 Å². The molecule has 3 heteroatoms. The molecule has 1 rings (SSSR count). The highest BCUT2D eigenvalue weighted by atomic mass is 16.6. The largest absolute Gasteiger partial charge is 0.368 e. The number of aliphatic hydroxyl groups excluding tert-OH is 1. The van der Waals surface area contributed by atoms with Crippen LogP contribution in [0.1, 0.15) is 13.3 Å².